The van der Waals surface area contributed by atoms with Crippen molar-refractivity contribution in [2.45, 2.75) is 17.4 Å². The summed E-state index contributed by atoms with van der Waals surface area (Å²) in [4.78, 5) is 27.5. The van der Waals surface area contributed by atoms with Crippen LogP contribution in [0, 0.1) is 0 Å². The molecular weight excluding hydrogens is 484 g/mol. The number of sulfonamides is 1. The molecule has 9 nitrogen and oxygen atoms in total. The Kier molecular flexibility index (Phi) is 8.67. The molecule has 1 aliphatic rings. The third-order valence-electron chi connectivity index (χ3n) is 5.76. The lowest BCUT2D eigenvalue weighted by Gasteiger charge is -2.25. The van der Waals surface area contributed by atoms with Gasteiger partial charge >= 0.3 is 0 Å². The molecule has 0 aromatic heterocycles. The number of Topliss-reactive ketones (excluding diaryl/α,β-unsaturated/α-hetero) is 1. The molecule has 1 amide bonds. The number of likely N-dealkylation sites (tertiary alicyclic amines) is 1. The molecule has 0 spiro atoms. The second-order valence-corrected chi connectivity index (χ2v) is 10.5. The number of hydrogen-bond acceptors (Lipinski definition) is 7. The lowest BCUT2D eigenvalue weighted by Crippen LogP contribution is -2.31. The number of aliphatic hydroxyl groups is 1. The topological polar surface area (TPSA) is 113 Å². The maximum absolute atomic E-state index is 13.1. The van der Waals surface area contributed by atoms with Crippen molar-refractivity contribution < 1.29 is 32.6 Å². The largest absolute Gasteiger partial charge is 0.507 e. The molecule has 1 aliphatic heterocycles. The lowest BCUT2D eigenvalue weighted by molar-refractivity contribution is -0.140. The van der Waals surface area contributed by atoms with E-state index in [9.17, 15) is 23.1 Å². The average molecular weight is 515 g/mol. The first-order chi connectivity index (χ1) is 17.1. The average Bonchev–Trinajstić information content (AvgIpc) is 3.12. The number of carbonyl (C=O) groups is 2. The van der Waals surface area contributed by atoms with Gasteiger partial charge in [0, 0.05) is 39.9 Å². The first-order valence-electron chi connectivity index (χ1n) is 11.3. The van der Waals surface area contributed by atoms with Crippen molar-refractivity contribution in [2.24, 2.45) is 0 Å². The van der Waals surface area contributed by atoms with Crippen LogP contribution in [0.3, 0.4) is 0 Å². The number of ether oxygens (including phenoxy) is 2. The predicted octanol–water partition coefficient (Wildman–Crippen LogP) is 2.96. The molecular formula is C26H30N2O7S. The Hall–Kier alpha value is -3.47. The van der Waals surface area contributed by atoms with Gasteiger partial charge in [0.1, 0.15) is 18.1 Å². The van der Waals surface area contributed by atoms with E-state index < -0.39 is 27.8 Å². The van der Waals surface area contributed by atoms with Gasteiger partial charge in [-0.2, -0.15) is 0 Å². The molecule has 3 rings (SSSR count). The monoisotopic (exact) mass is 514 g/mol. The van der Waals surface area contributed by atoms with Crippen molar-refractivity contribution in [3.8, 4) is 5.75 Å². The highest BCUT2D eigenvalue weighted by molar-refractivity contribution is 7.89. The van der Waals surface area contributed by atoms with Crippen LogP contribution in [0.2, 0.25) is 0 Å². The fourth-order valence-electron chi connectivity index (χ4n) is 3.89. The van der Waals surface area contributed by atoms with Crippen molar-refractivity contribution in [3.05, 3.63) is 77.9 Å². The summed E-state index contributed by atoms with van der Waals surface area (Å²) < 4.78 is 36.5. The van der Waals surface area contributed by atoms with Crippen molar-refractivity contribution in [1.82, 2.24) is 9.21 Å². The first-order valence-corrected chi connectivity index (χ1v) is 12.7. The lowest BCUT2D eigenvalue weighted by atomic mass is 9.95. The second kappa shape index (κ2) is 11.5. The molecule has 1 heterocycles. The number of nitrogens with zero attached hydrogens (tertiary/aromatic N) is 2. The Labute approximate surface area is 211 Å². The van der Waals surface area contributed by atoms with Crippen molar-refractivity contribution in [2.75, 3.05) is 41.0 Å². The summed E-state index contributed by atoms with van der Waals surface area (Å²) in [7, 11) is 0.719. The van der Waals surface area contributed by atoms with Gasteiger partial charge < -0.3 is 19.5 Å². The van der Waals surface area contributed by atoms with Gasteiger partial charge in [-0.1, -0.05) is 24.8 Å². The zero-order valence-electron chi connectivity index (χ0n) is 20.5. The maximum Gasteiger partial charge on any atom is 0.295 e. The molecule has 1 unspecified atom stereocenters. The van der Waals surface area contributed by atoms with Crippen LogP contribution in [-0.2, 0) is 24.3 Å². The summed E-state index contributed by atoms with van der Waals surface area (Å²) in [6.45, 7) is 4.58. The third kappa shape index (κ3) is 5.51. The van der Waals surface area contributed by atoms with Gasteiger partial charge in [0.15, 0.2) is 0 Å². The minimum absolute atomic E-state index is 0.0377. The minimum atomic E-state index is -3.67. The molecule has 192 valence electrons. The number of hydrogen-bond donors (Lipinski definition) is 1. The summed E-state index contributed by atoms with van der Waals surface area (Å²) >= 11 is 0. The third-order valence-corrected chi connectivity index (χ3v) is 7.59. The zero-order chi connectivity index (χ0) is 26.5. The van der Waals surface area contributed by atoms with Gasteiger partial charge in [0.2, 0.25) is 10.0 Å². The number of carbonyl (C=O) groups excluding carboxylic acids is 2. The van der Waals surface area contributed by atoms with Crippen molar-refractivity contribution >= 4 is 27.5 Å². The fourth-order valence-corrected chi connectivity index (χ4v) is 4.79. The summed E-state index contributed by atoms with van der Waals surface area (Å²) in [5, 5.41) is 11.2. The highest BCUT2D eigenvalue weighted by atomic mass is 32.2. The molecule has 2 aromatic rings. The van der Waals surface area contributed by atoms with Crippen LogP contribution in [-0.4, -0.2) is 75.4 Å². The zero-order valence-corrected chi connectivity index (χ0v) is 21.3. The van der Waals surface area contributed by atoms with E-state index in [0.717, 1.165) is 4.31 Å². The van der Waals surface area contributed by atoms with E-state index in [1.807, 2.05) is 0 Å². The Morgan fingerprint density at radius 2 is 1.75 bits per heavy atom. The molecule has 1 saturated heterocycles. The number of ketones is 1. The van der Waals surface area contributed by atoms with E-state index in [4.69, 9.17) is 9.47 Å². The van der Waals surface area contributed by atoms with Crippen LogP contribution in [0.15, 0.2) is 71.7 Å². The number of amides is 1. The standard InChI is InChI=1S/C26H30N2O7S/c1-5-16-35-20-11-7-18(8-12-20)23-22(25(30)26(31)28(23)15-6-17-34-4)24(29)19-9-13-21(14-10-19)36(32,33)27(2)3/h5,7-14,23,29H,1,6,15-17H2,2-4H3. The molecule has 1 N–H and O–H groups in total. The van der Waals surface area contributed by atoms with Gasteiger partial charge in [-0.3, -0.25) is 9.59 Å². The Morgan fingerprint density at radius 1 is 1.11 bits per heavy atom. The normalized spacial score (nSPS) is 17.6. The van der Waals surface area contributed by atoms with E-state index in [1.54, 1.807) is 37.5 Å². The first kappa shape index (κ1) is 27.1. The van der Waals surface area contributed by atoms with Gasteiger partial charge in [0.25, 0.3) is 11.7 Å². The smallest absolute Gasteiger partial charge is 0.295 e. The Balaban J connectivity index is 2.07. The molecule has 0 radical (unpaired) electrons. The van der Waals surface area contributed by atoms with Gasteiger partial charge in [-0.05, 0) is 48.4 Å². The van der Waals surface area contributed by atoms with Crippen molar-refractivity contribution in [1.29, 1.82) is 0 Å². The Morgan fingerprint density at radius 3 is 2.31 bits per heavy atom. The number of benzene rings is 2. The SMILES string of the molecule is C=CCOc1ccc(C2C(=C(O)c3ccc(S(=O)(=O)N(C)C)cc3)C(=O)C(=O)N2CCCOC)cc1. The molecule has 2 aromatic carbocycles. The molecule has 10 heteroatoms. The van der Waals surface area contributed by atoms with Crippen LogP contribution in [0.1, 0.15) is 23.6 Å². The minimum Gasteiger partial charge on any atom is -0.507 e. The van der Waals surface area contributed by atoms with Crippen LogP contribution in [0.5, 0.6) is 5.75 Å². The van der Waals surface area contributed by atoms with Gasteiger partial charge in [0.05, 0.1) is 16.5 Å². The summed E-state index contributed by atoms with van der Waals surface area (Å²) in [6, 6.07) is 11.6. The summed E-state index contributed by atoms with van der Waals surface area (Å²) in [5.41, 5.74) is 0.768. The summed E-state index contributed by atoms with van der Waals surface area (Å²) in [6.07, 6.45) is 2.12. The fraction of sp³-hybridized carbons (Fsp3) is 0.308. The van der Waals surface area contributed by atoms with Gasteiger partial charge in [-0.25, -0.2) is 12.7 Å². The van der Waals surface area contributed by atoms with Crippen LogP contribution in [0.4, 0.5) is 0 Å². The van der Waals surface area contributed by atoms with E-state index in [0.29, 0.717) is 30.9 Å². The number of rotatable bonds is 11. The molecule has 1 atom stereocenters. The quantitative estimate of drug-likeness (QED) is 0.161. The predicted molar refractivity (Wildman–Crippen MR) is 135 cm³/mol. The molecule has 0 saturated carbocycles. The highest BCUT2D eigenvalue weighted by Crippen LogP contribution is 2.40. The van der Waals surface area contributed by atoms with E-state index in [1.165, 1.54) is 43.3 Å². The molecule has 1 fully saturated rings. The van der Waals surface area contributed by atoms with Gasteiger partial charge in [-0.15, -0.1) is 0 Å². The van der Waals surface area contributed by atoms with E-state index in [-0.39, 0.29) is 28.3 Å². The summed E-state index contributed by atoms with van der Waals surface area (Å²) in [5.74, 6) is -1.33. The van der Waals surface area contributed by atoms with E-state index in [2.05, 4.69) is 6.58 Å². The molecule has 0 aliphatic carbocycles. The van der Waals surface area contributed by atoms with Crippen molar-refractivity contribution in [3.63, 3.8) is 0 Å². The van der Waals surface area contributed by atoms with E-state index >= 15 is 0 Å². The second-order valence-electron chi connectivity index (χ2n) is 8.32. The molecule has 0 bridgehead atoms. The number of methoxy groups -OCH3 is 1. The van der Waals surface area contributed by atoms with Crippen LogP contribution in [0.25, 0.3) is 5.76 Å². The maximum atomic E-state index is 13.1. The number of aliphatic hydroxyl groups excluding tert-OH is 1. The highest BCUT2D eigenvalue weighted by Gasteiger charge is 2.45. The van der Waals surface area contributed by atoms with Crippen LogP contribution >= 0.6 is 0 Å². The van der Waals surface area contributed by atoms with Crippen LogP contribution < -0.4 is 4.74 Å². The molecule has 36 heavy (non-hydrogen) atoms. The Bertz CT molecular complexity index is 1250.